The summed E-state index contributed by atoms with van der Waals surface area (Å²) in [5.41, 5.74) is -0.879. The summed E-state index contributed by atoms with van der Waals surface area (Å²) in [6.07, 6.45) is 0. The Bertz CT molecular complexity index is 711. The molecule has 3 N–H and O–H groups in total. The molecule has 2 aromatic rings. The van der Waals surface area contributed by atoms with Gasteiger partial charge in [0, 0.05) is 11.6 Å². The highest BCUT2D eigenvalue weighted by Gasteiger charge is 2.16. The number of amides is 1. The molecule has 1 amide bonds. The van der Waals surface area contributed by atoms with Crippen molar-refractivity contribution in [2.45, 2.75) is 0 Å². The minimum absolute atomic E-state index is 0.176. The molecule has 0 aliphatic carbocycles. The van der Waals surface area contributed by atoms with Crippen LogP contribution in [0, 0.1) is 11.6 Å². The Kier molecular flexibility index (Phi) is 3.84. The van der Waals surface area contributed by atoms with E-state index < -0.39 is 34.8 Å². The molecule has 2 aromatic carbocycles. The van der Waals surface area contributed by atoms with Crippen LogP contribution in [-0.2, 0) is 0 Å². The van der Waals surface area contributed by atoms with E-state index in [9.17, 15) is 23.5 Å². The molecular weight excluding hydrogens is 284 g/mol. The summed E-state index contributed by atoms with van der Waals surface area (Å²) in [6, 6.07) is 5.96. The molecule has 0 bridgehead atoms. The first-order valence-electron chi connectivity index (χ1n) is 5.71. The summed E-state index contributed by atoms with van der Waals surface area (Å²) in [4.78, 5) is 22.7. The van der Waals surface area contributed by atoms with Gasteiger partial charge in [0.15, 0.2) is 5.75 Å². The largest absolute Gasteiger partial charge is 0.505 e. The number of aromatic hydroxyl groups is 1. The van der Waals surface area contributed by atoms with Gasteiger partial charge in [-0.1, -0.05) is 6.07 Å². The molecule has 0 heterocycles. The van der Waals surface area contributed by atoms with E-state index in [1.165, 1.54) is 12.1 Å². The predicted molar refractivity (Wildman–Crippen MR) is 69.4 cm³/mol. The molecule has 0 radical (unpaired) electrons. The number of carboxylic acid groups (broad SMARTS) is 1. The van der Waals surface area contributed by atoms with E-state index in [0.717, 1.165) is 18.2 Å². The minimum Gasteiger partial charge on any atom is -0.505 e. The lowest BCUT2D eigenvalue weighted by Gasteiger charge is -2.09. The first kappa shape index (κ1) is 14.4. The molecule has 0 spiro atoms. The standard InChI is InChI=1S/C14H9F2NO4/c15-8-4-7(5-9(16)6-8)13(19)17-11-3-1-2-10(12(11)18)14(20)21/h1-6,18H,(H,17,19)(H,20,21). The normalized spacial score (nSPS) is 10.2. The molecule has 7 heteroatoms. The van der Waals surface area contributed by atoms with Crippen molar-refractivity contribution in [3.8, 4) is 5.75 Å². The van der Waals surface area contributed by atoms with E-state index in [2.05, 4.69) is 5.32 Å². The Balaban J connectivity index is 2.32. The highest BCUT2D eigenvalue weighted by Crippen LogP contribution is 2.27. The van der Waals surface area contributed by atoms with E-state index in [4.69, 9.17) is 5.11 Å². The zero-order chi connectivity index (χ0) is 15.6. The lowest BCUT2D eigenvalue weighted by atomic mass is 10.1. The van der Waals surface area contributed by atoms with Gasteiger partial charge in [0.1, 0.15) is 17.2 Å². The zero-order valence-corrected chi connectivity index (χ0v) is 10.4. The number of nitrogens with one attached hydrogen (secondary N) is 1. The van der Waals surface area contributed by atoms with Crippen molar-refractivity contribution in [3.05, 3.63) is 59.2 Å². The van der Waals surface area contributed by atoms with Gasteiger partial charge in [0.25, 0.3) is 5.91 Å². The molecule has 2 rings (SSSR count). The van der Waals surface area contributed by atoms with Crippen LogP contribution >= 0.6 is 0 Å². The lowest BCUT2D eigenvalue weighted by Crippen LogP contribution is -2.13. The van der Waals surface area contributed by atoms with Crippen molar-refractivity contribution < 1.29 is 28.6 Å². The van der Waals surface area contributed by atoms with Gasteiger partial charge >= 0.3 is 5.97 Å². The Hall–Kier alpha value is -2.96. The lowest BCUT2D eigenvalue weighted by molar-refractivity contribution is 0.0693. The SMILES string of the molecule is O=C(Nc1cccc(C(=O)O)c1O)c1cc(F)cc(F)c1. The van der Waals surface area contributed by atoms with Crippen LogP contribution in [0.4, 0.5) is 14.5 Å². The van der Waals surface area contributed by atoms with E-state index in [0.29, 0.717) is 6.07 Å². The van der Waals surface area contributed by atoms with Gasteiger partial charge in [-0.25, -0.2) is 13.6 Å². The molecule has 0 saturated carbocycles. The topological polar surface area (TPSA) is 86.6 Å². The molecule has 0 aromatic heterocycles. The average Bonchev–Trinajstić information content (AvgIpc) is 2.39. The van der Waals surface area contributed by atoms with Crippen molar-refractivity contribution in [1.82, 2.24) is 0 Å². The van der Waals surface area contributed by atoms with Crippen LogP contribution in [0.1, 0.15) is 20.7 Å². The fourth-order valence-electron chi connectivity index (χ4n) is 1.70. The van der Waals surface area contributed by atoms with Crippen molar-refractivity contribution in [2.24, 2.45) is 0 Å². The Morgan fingerprint density at radius 1 is 1.05 bits per heavy atom. The van der Waals surface area contributed by atoms with Crippen molar-refractivity contribution in [3.63, 3.8) is 0 Å². The second-order valence-electron chi connectivity index (χ2n) is 4.12. The van der Waals surface area contributed by atoms with Gasteiger partial charge in [-0.2, -0.15) is 0 Å². The number of benzene rings is 2. The number of hydrogen-bond acceptors (Lipinski definition) is 3. The third-order valence-corrected chi connectivity index (χ3v) is 2.64. The van der Waals surface area contributed by atoms with Gasteiger partial charge in [0.2, 0.25) is 0 Å². The summed E-state index contributed by atoms with van der Waals surface area (Å²) in [5.74, 6) is -4.76. The third-order valence-electron chi connectivity index (χ3n) is 2.64. The van der Waals surface area contributed by atoms with Crippen LogP contribution in [0.15, 0.2) is 36.4 Å². The molecule has 0 unspecified atom stereocenters. The second kappa shape index (κ2) is 5.58. The number of halogens is 2. The number of aromatic carboxylic acids is 1. The number of anilines is 1. The first-order chi connectivity index (χ1) is 9.88. The molecule has 0 aliphatic rings. The first-order valence-corrected chi connectivity index (χ1v) is 5.71. The average molecular weight is 293 g/mol. The number of carbonyl (C=O) groups excluding carboxylic acids is 1. The fraction of sp³-hybridized carbons (Fsp3) is 0. The van der Waals surface area contributed by atoms with Gasteiger partial charge in [-0.05, 0) is 24.3 Å². The molecule has 0 fully saturated rings. The second-order valence-corrected chi connectivity index (χ2v) is 4.12. The van der Waals surface area contributed by atoms with E-state index >= 15 is 0 Å². The Labute approximate surface area is 117 Å². The van der Waals surface area contributed by atoms with Gasteiger partial charge < -0.3 is 15.5 Å². The number of carbonyl (C=O) groups is 2. The number of hydrogen-bond donors (Lipinski definition) is 3. The third kappa shape index (κ3) is 3.14. The summed E-state index contributed by atoms with van der Waals surface area (Å²) < 4.78 is 26.1. The maximum absolute atomic E-state index is 13.0. The van der Waals surface area contributed by atoms with Crippen LogP contribution in [0.2, 0.25) is 0 Å². The molecule has 0 atom stereocenters. The van der Waals surface area contributed by atoms with Crippen LogP contribution in [0.5, 0.6) is 5.75 Å². The zero-order valence-electron chi connectivity index (χ0n) is 10.4. The Morgan fingerprint density at radius 3 is 2.24 bits per heavy atom. The monoisotopic (exact) mass is 293 g/mol. The van der Waals surface area contributed by atoms with Crippen molar-refractivity contribution in [1.29, 1.82) is 0 Å². The number of phenols is 1. The van der Waals surface area contributed by atoms with Crippen LogP contribution in [0.25, 0.3) is 0 Å². The summed E-state index contributed by atoms with van der Waals surface area (Å²) in [7, 11) is 0. The van der Waals surface area contributed by atoms with Gasteiger partial charge in [-0.15, -0.1) is 0 Å². The van der Waals surface area contributed by atoms with Crippen molar-refractivity contribution >= 4 is 17.6 Å². The van der Waals surface area contributed by atoms with Crippen molar-refractivity contribution in [2.75, 3.05) is 5.32 Å². The molecule has 5 nitrogen and oxygen atoms in total. The summed E-state index contributed by atoms with van der Waals surface area (Å²) >= 11 is 0. The Morgan fingerprint density at radius 2 is 1.67 bits per heavy atom. The van der Waals surface area contributed by atoms with Gasteiger partial charge in [0.05, 0.1) is 5.69 Å². The minimum atomic E-state index is -1.37. The number of rotatable bonds is 3. The molecular formula is C14H9F2NO4. The maximum atomic E-state index is 13.0. The molecule has 0 aliphatic heterocycles. The smallest absolute Gasteiger partial charge is 0.339 e. The van der Waals surface area contributed by atoms with Crippen LogP contribution in [0.3, 0.4) is 0 Å². The van der Waals surface area contributed by atoms with E-state index in [1.54, 1.807) is 0 Å². The number of para-hydroxylation sites is 1. The summed E-state index contributed by atoms with van der Waals surface area (Å²) in [5, 5.41) is 20.8. The van der Waals surface area contributed by atoms with E-state index in [-0.39, 0.29) is 11.3 Å². The fourth-order valence-corrected chi connectivity index (χ4v) is 1.70. The molecule has 108 valence electrons. The molecule has 21 heavy (non-hydrogen) atoms. The van der Waals surface area contributed by atoms with Crippen LogP contribution < -0.4 is 5.32 Å². The summed E-state index contributed by atoms with van der Waals surface area (Å²) in [6.45, 7) is 0. The highest BCUT2D eigenvalue weighted by molar-refractivity contribution is 6.06. The van der Waals surface area contributed by atoms with Crippen LogP contribution in [-0.4, -0.2) is 22.1 Å². The van der Waals surface area contributed by atoms with Gasteiger partial charge in [-0.3, -0.25) is 4.79 Å². The predicted octanol–water partition coefficient (Wildman–Crippen LogP) is 2.62. The maximum Gasteiger partial charge on any atom is 0.339 e. The van der Waals surface area contributed by atoms with E-state index in [1.807, 2.05) is 0 Å². The quantitative estimate of drug-likeness (QED) is 0.759. The highest BCUT2D eigenvalue weighted by atomic mass is 19.1. The molecule has 0 saturated heterocycles. The number of carboxylic acids is 1.